The molecule has 0 aliphatic carbocycles. The molecule has 1 rings (SSSR count). The lowest BCUT2D eigenvalue weighted by Gasteiger charge is -2.10. The number of nitrogens with one attached hydrogen (secondary N) is 1. The zero-order valence-electron chi connectivity index (χ0n) is 10.8. The monoisotopic (exact) mass is 265 g/mol. The van der Waals surface area contributed by atoms with Crippen molar-refractivity contribution >= 4 is 11.8 Å². The Balaban J connectivity index is 2.53. The molecule has 103 valence electrons. The zero-order chi connectivity index (χ0) is 14.4. The third kappa shape index (κ3) is 4.50. The summed E-state index contributed by atoms with van der Waals surface area (Å²) in [5.74, 6) is -1.06. The lowest BCUT2D eigenvalue weighted by molar-refractivity contribution is -0.124. The maximum absolute atomic E-state index is 11.5. The molecular weight excluding hydrogens is 248 g/mol. The van der Waals surface area contributed by atoms with E-state index in [4.69, 9.17) is 10.5 Å². The largest absolute Gasteiger partial charge is 0.507 e. The number of benzene rings is 1. The molecule has 19 heavy (non-hydrogen) atoms. The van der Waals surface area contributed by atoms with E-state index >= 15 is 0 Å². The average Bonchev–Trinajstić information content (AvgIpc) is 2.36. The van der Waals surface area contributed by atoms with E-state index in [1.165, 1.54) is 26.5 Å². The summed E-state index contributed by atoms with van der Waals surface area (Å²) in [4.78, 5) is 22.3. The van der Waals surface area contributed by atoms with Crippen molar-refractivity contribution in [3.63, 3.8) is 0 Å². The molecule has 1 aromatic rings. The second-order valence-electron chi connectivity index (χ2n) is 4.07. The third-order valence-electron chi connectivity index (χ3n) is 2.60. The van der Waals surface area contributed by atoms with Crippen molar-refractivity contribution in [3.05, 3.63) is 30.2 Å². The number of hydrogen-bond donors (Lipinski definition) is 3. The quantitative estimate of drug-likeness (QED) is 0.690. The highest BCUT2D eigenvalue weighted by Crippen LogP contribution is 2.23. The first kappa shape index (κ1) is 14.8. The normalized spacial score (nSPS) is 11.7. The van der Waals surface area contributed by atoms with E-state index in [0.29, 0.717) is 11.3 Å². The number of primary amides is 1. The molecule has 6 nitrogen and oxygen atoms in total. The van der Waals surface area contributed by atoms with Crippen LogP contribution in [0.5, 0.6) is 11.5 Å². The van der Waals surface area contributed by atoms with Gasteiger partial charge in [0.05, 0.1) is 13.5 Å². The van der Waals surface area contributed by atoms with E-state index in [9.17, 15) is 14.7 Å². The van der Waals surface area contributed by atoms with Gasteiger partial charge >= 0.3 is 0 Å². The number of aromatic hydroxyl groups is 1. The van der Waals surface area contributed by atoms with Gasteiger partial charge in [0.25, 0.3) is 0 Å². The van der Waals surface area contributed by atoms with Crippen molar-refractivity contribution in [2.45, 2.75) is 13.5 Å². The molecule has 0 heterocycles. The lowest BCUT2D eigenvalue weighted by Crippen LogP contribution is -2.30. The summed E-state index contributed by atoms with van der Waals surface area (Å²) in [5.41, 5.74) is 5.59. The predicted octanol–water partition coefficient (Wildman–Crippen LogP) is 0.343. The number of ether oxygens (including phenoxy) is 1. The molecule has 2 amide bonds. The van der Waals surface area contributed by atoms with Crippen LogP contribution in [0.2, 0.25) is 0 Å². The molecule has 1 atom stereocenters. The Morgan fingerprint density at radius 1 is 1.53 bits per heavy atom. The Bertz CT molecular complexity index is 474. The first-order valence-electron chi connectivity index (χ1n) is 5.72. The van der Waals surface area contributed by atoms with Gasteiger partial charge in [0.1, 0.15) is 11.5 Å². The number of carbonyl (C=O) groups excluding carboxylic acids is 2. The molecule has 1 unspecified atom stereocenters. The number of hydrogen-bond acceptors (Lipinski definition) is 4. The fourth-order valence-electron chi connectivity index (χ4n) is 1.37. The van der Waals surface area contributed by atoms with Gasteiger partial charge in [-0.2, -0.15) is 0 Å². The smallest absolute Gasteiger partial charge is 0.225 e. The van der Waals surface area contributed by atoms with E-state index < -0.39 is 17.7 Å². The molecule has 0 aliphatic heterocycles. The Labute approximate surface area is 111 Å². The molecular formula is C13H17N2O4. The highest BCUT2D eigenvalue weighted by molar-refractivity contribution is 5.91. The number of amides is 2. The summed E-state index contributed by atoms with van der Waals surface area (Å²) in [5, 5.41) is 12.2. The second-order valence-corrected chi connectivity index (χ2v) is 4.07. The van der Waals surface area contributed by atoms with Crippen LogP contribution in [-0.2, 0) is 16.1 Å². The minimum absolute atomic E-state index is 0.0302. The Morgan fingerprint density at radius 2 is 2.21 bits per heavy atom. The SMILES string of the molecule is COc1ccc(CNC(=O)[CH]C(C)C(N)=O)c(O)c1. The van der Waals surface area contributed by atoms with Crippen LogP contribution in [0, 0.1) is 12.3 Å². The van der Waals surface area contributed by atoms with Crippen LogP contribution >= 0.6 is 0 Å². The van der Waals surface area contributed by atoms with Gasteiger partial charge in [0.15, 0.2) is 0 Å². The lowest BCUT2D eigenvalue weighted by atomic mass is 10.1. The van der Waals surface area contributed by atoms with Gasteiger partial charge in [-0.3, -0.25) is 9.59 Å². The summed E-state index contributed by atoms with van der Waals surface area (Å²) in [7, 11) is 1.50. The van der Waals surface area contributed by atoms with Gasteiger partial charge in [-0.15, -0.1) is 0 Å². The van der Waals surface area contributed by atoms with Gasteiger partial charge in [-0.25, -0.2) is 0 Å². The van der Waals surface area contributed by atoms with E-state index in [-0.39, 0.29) is 12.3 Å². The Hall–Kier alpha value is -2.24. The van der Waals surface area contributed by atoms with Gasteiger partial charge in [0, 0.05) is 24.1 Å². The number of methoxy groups -OCH3 is 1. The minimum Gasteiger partial charge on any atom is -0.507 e. The van der Waals surface area contributed by atoms with Gasteiger partial charge < -0.3 is 20.9 Å². The molecule has 0 bridgehead atoms. The summed E-state index contributed by atoms with van der Waals surface area (Å²) < 4.78 is 4.95. The summed E-state index contributed by atoms with van der Waals surface area (Å²) in [6.07, 6.45) is 1.20. The second kappa shape index (κ2) is 6.63. The van der Waals surface area contributed by atoms with Gasteiger partial charge in [-0.05, 0) is 12.1 Å². The van der Waals surface area contributed by atoms with Crippen molar-refractivity contribution in [2.24, 2.45) is 11.7 Å². The van der Waals surface area contributed by atoms with Crippen LogP contribution in [-0.4, -0.2) is 24.0 Å². The van der Waals surface area contributed by atoms with Crippen molar-refractivity contribution in [2.75, 3.05) is 7.11 Å². The third-order valence-corrected chi connectivity index (χ3v) is 2.60. The summed E-state index contributed by atoms with van der Waals surface area (Å²) in [6, 6.07) is 4.78. The Kier molecular flexibility index (Phi) is 5.17. The van der Waals surface area contributed by atoms with Crippen LogP contribution in [0.3, 0.4) is 0 Å². The van der Waals surface area contributed by atoms with E-state index in [2.05, 4.69) is 5.32 Å². The van der Waals surface area contributed by atoms with Gasteiger partial charge in [-0.1, -0.05) is 6.92 Å². The average molecular weight is 265 g/mol. The molecule has 1 radical (unpaired) electrons. The van der Waals surface area contributed by atoms with Crippen molar-refractivity contribution in [1.82, 2.24) is 5.32 Å². The van der Waals surface area contributed by atoms with Crippen LogP contribution in [0.15, 0.2) is 18.2 Å². The molecule has 0 fully saturated rings. The fraction of sp³-hybridized carbons (Fsp3) is 0.308. The highest BCUT2D eigenvalue weighted by atomic mass is 16.5. The maximum atomic E-state index is 11.5. The molecule has 0 aromatic heterocycles. The molecule has 4 N–H and O–H groups in total. The van der Waals surface area contributed by atoms with Crippen molar-refractivity contribution < 1.29 is 19.4 Å². The maximum Gasteiger partial charge on any atom is 0.225 e. The molecule has 0 saturated heterocycles. The molecule has 6 heteroatoms. The molecule has 0 saturated carbocycles. The standard InChI is InChI=1S/C13H17N2O4/c1-8(13(14)18)5-12(17)15-7-9-3-4-10(19-2)6-11(9)16/h3-6,8,16H,7H2,1-2H3,(H2,14,18)(H,15,17). The number of rotatable bonds is 6. The van der Waals surface area contributed by atoms with Crippen LogP contribution < -0.4 is 15.8 Å². The molecule has 0 aliphatic rings. The van der Waals surface area contributed by atoms with E-state index in [1.807, 2.05) is 0 Å². The number of phenols is 1. The van der Waals surface area contributed by atoms with Crippen molar-refractivity contribution in [1.29, 1.82) is 0 Å². The number of phenolic OH excluding ortho intramolecular Hbond substituents is 1. The first-order valence-corrected chi connectivity index (χ1v) is 5.72. The van der Waals surface area contributed by atoms with Crippen molar-refractivity contribution in [3.8, 4) is 11.5 Å². The number of carbonyl (C=O) groups is 2. The van der Waals surface area contributed by atoms with Crippen LogP contribution in [0.25, 0.3) is 0 Å². The fourth-order valence-corrected chi connectivity index (χ4v) is 1.37. The molecule has 0 spiro atoms. The summed E-state index contributed by atoms with van der Waals surface area (Å²) in [6.45, 7) is 1.68. The highest BCUT2D eigenvalue weighted by Gasteiger charge is 2.14. The van der Waals surface area contributed by atoms with E-state index in [1.54, 1.807) is 12.1 Å². The van der Waals surface area contributed by atoms with Crippen LogP contribution in [0.1, 0.15) is 12.5 Å². The first-order chi connectivity index (χ1) is 8.93. The zero-order valence-corrected chi connectivity index (χ0v) is 10.8. The van der Waals surface area contributed by atoms with E-state index in [0.717, 1.165) is 0 Å². The summed E-state index contributed by atoms with van der Waals surface area (Å²) >= 11 is 0. The Morgan fingerprint density at radius 3 is 2.74 bits per heavy atom. The number of nitrogens with two attached hydrogens (primary N) is 1. The van der Waals surface area contributed by atoms with Crippen LogP contribution in [0.4, 0.5) is 0 Å². The minimum atomic E-state index is -0.635. The topological polar surface area (TPSA) is 102 Å². The van der Waals surface area contributed by atoms with Gasteiger partial charge in [0.2, 0.25) is 11.8 Å². The predicted molar refractivity (Wildman–Crippen MR) is 69.2 cm³/mol. The molecule has 1 aromatic carbocycles.